The van der Waals surface area contributed by atoms with Crippen LogP contribution in [0.5, 0.6) is 0 Å². The summed E-state index contributed by atoms with van der Waals surface area (Å²) in [6, 6.07) is 10.3. The molecule has 2 amide bonds. The molecule has 0 saturated carbocycles. The molecule has 0 N–H and O–H groups in total. The summed E-state index contributed by atoms with van der Waals surface area (Å²) in [4.78, 5) is 28.9. The first-order valence-electron chi connectivity index (χ1n) is 9.33. The lowest BCUT2D eigenvalue weighted by Crippen LogP contribution is -2.51. The predicted molar refractivity (Wildman–Crippen MR) is 102 cm³/mol. The number of likely N-dealkylation sites (tertiary alicyclic amines) is 2. The number of nitrogens with zero attached hydrogens (tertiary/aromatic N) is 5. The smallest absolute Gasteiger partial charge is 0.223 e. The molecule has 27 heavy (non-hydrogen) atoms. The van der Waals surface area contributed by atoms with Crippen molar-refractivity contribution >= 4 is 23.6 Å². The van der Waals surface area contributed by atoms with E-state index in [1.807, 2.05) is 38.9 Å². The second-order valence-electron chi connectivity index (χ2n) is 6.97. The lowest BCUT2D eigenvalue weighted by molar-refractivity contribution is -0.136. The van der Waals surface area contributed by atoms with Gasteiger partial charge < -0.3 is 9.80 Å². The Kier molecular flexibility index (Phi) is 5.42. The zero-order chi connectivity index (χ0) is 18.6. The van der Waals surface area contributed by atoms with Crippen LogP contribution in [-0.2, 0) is 16.1 Å². The van der Waals surface area contributed by atoms with E-state index in [0.29, 0.717) is 32.5 Å². The number of amides is 2. The van der Waals surface area contributed by atoms with Crippen molar-refractivity contribution in [1.29, 1.82) is 0 Å². The first-order chi connectivity index (χ1) is 13.2. The van der Waals surface area contributed by atoms with Gasteiger partial charge in [0, 0.05) is 43.1 Å². The number of thioether (sulfide) groups is 1. The maximum atomic E-state index is 12.3. The molecular weight excluding hydrogens is 362 g/mol. The molecule has 0 aliphatic carbocycles. The fourth-order valence-corrected chi connectivity index (χ4v) is 4.25. The zero-order valence-electron chi connectivity index (χ0n) is 15.2. The highest BCUT2D eigenvalue weighted by molar-refractivity contribution is 7.99. The molecule has 2 aliphatic rings. The van der Waals surface area contributed by atoms with E-state index in [1.165, 1.54) is 4.90 Å². The summed E-state index contributed by atoms with van der Waals surface area (Å²) in [5.74, 6) is 1.18. The molecule has 142 valence electrons. The first kappa shape index (κ1) is 18.0. The number of hydrogen-bond acceptors (Lipinski definition) is 5. The van der Waals surface area contributed by atoms with Crippen LogP contribution in [0, 0.1) is 0 Å². The lowest BCUT2D eigenvalue weighted by atomic mass is 10.1. The van der Waals surface area contributed by atoms with Crippen molar-refractivity contribution in [3.8, 4) is 0 Å². The third-order valence-corrected chi connectivity index (χ3v) is 6.01. The standard InChI is InChI=1S/C19H23N5O2S/c25-18-7-4-9-22(18)11-15-12-24(21-20-15)16-13-23(14-16)19(26)8-10-27-17-5-2-1-3-6-17/h1-3,5-6,12,16H,4,7-11,13-14H2. The minimum absolute atomic E-state index is 0.186. The molecule has 2 aromatic rings. The van der Waals surface area contributed by atoms with Crippen LogP contribution in [0.3, 0.4) is 0 Å². The fourth-order valence-electron chi connectivity index (χ4n) is 3.39. The Hall–Kier alpha value is -2.35. The molecule has 2 saturated heterocycles. The van der Waals surface area contributed by atoms with Gasteiger partial charge in [-0.05, 0) is 18.6 Å². The van der Waals surface area contributed by atoms with E-state index in [4.69, 9.17) is 0 Å². The van der Waals surface area contributed by atoms with Crippen LogP contribution >= 0.6 is 11.8 Å². The molecule has 7 nitrogen and oxygen atoms in total. The van der Waals surface area contributed by atoms with Gasteiger partial charge >= 0.3 is 0 Å². The molecule has 0 bridgehead atoms. The number of rotatable bonds is 7. The van der Waals surface area contributed by atoms with E-state index in [9.17, 15) is 9.59 Å². The number of aromatic nitrogens is 3. The van der Waals surface area contributed by atoms with E-state index in [0.717, 1.165) is 24.4 Å². The third-order valence-electron chi connectivity index (χ3n) is 5.00. The summed E-state index contributed by atoms with van der Waals surface area (Å²) < 4.78 is 1.83. The van der Waals surface area contributed by atoms with Crippen LogP contribution in [0.15, 0.2) is 41.4 Å². The highest BCUT2D eigenvalue weighted by Gasteiger charge is 2.32. The van der Waals surface area contributed by atoms with Crippen LogP contribution in [0.2, 0.25) is 0 Å². The van der Waals surface area contributed by atoms with Crippen molar-refractivity contribution in [3.05, 3.63) is 42.2 Å². The summed E-state index contributed by atoms with van der Waals surface area (Å²) in [5.41, 5.74) is 0.814. The van der Waals surface area contributed by atoms with Gasteiger partial charge in [0.2, 0.25) is 11.8 Å². The molecule has 2 fully saturated rings. The molecule has 1 aromatic heterocycles. The summed E-state index contributed by atoms with van der Waals surface area (Å²) >= 11 is 1.71. The average Bonchev–Trinajstić information content (AvgIpc) is 3.25. The van der Waals surface area contributed by atoms with Gasteiger partial charge in [-0.15, -0.1) is 16.9 Å². The Labute approximate surface area is 162 Å². The summed E-state index contributed by atoms with van der Waals surface area (Å²) in [6.45, 7) is 2.70. The van der Waals surface area contributed by atoms with Gasteiger partial charge in [-0.25, -0.2) is 4.68 Å². The molecule has 3 heterocycles. The molecule has 0 radical (unpaired) electrons. The molecule has 8 heteroatoms. The van der Waals surface area contributed by atoms with E-state index in [-0.39, 0.29) is 17.9 Å². The van der Waals surface area contributed by atoms with Crippen LogP contribution in [0.4, 0.5) is 0 Å². The highest BCUT2D eigenvalue weighted by Crippen LogP contribution is 2.23. The molecule has 0 atom stereocenters. The molecule has 0 spiro atoms. The Bertz CT molecular complexity index is 803. The second kappa shape index (κ2) is 8.12. The lowest BCUT2D eigenvalue weighted by Gasteiger charge is -2.38. The maximum Gasteiger partial charge on any atom is 0.223 e. The monoisotopic (exact) mass is 385 g/mol. The minimum atomic E-state index is 0.186. The Morgan fingerprint density at radius 1 is 1.22 bits per heavy atom. The van der Waals surface area contributed by atoms with E-state index >= 15 is 0 Å². The summed E-state index contributed by atoms with van der Waals surface area (Å²) in [6.07, 6.45) is 4.01. The molecule has 0 unspecified atom stereocenters. The van der Waals surface area contributed by atoms with Gasteiger partial charge in [-0.2, -0.15) is 0 Å². The van der Waals surface area contributed by atoms with Crippen LogP contribution < -0.4 is 0 Å². The molecule has 1 aromatic carbocycles. The van der Waals surface area contributed by atoms with Gasteiger partial charge in [0.15, 0.2) is 0 Å². The number of benzene rings is 1. The largest absolute Gasteiger partial charge is 0.338 e. The summed E-state index contributed by atoms with van der Waals surface area (Å²) in [5, 5.41) is 8.37. The first-order valence-corrected chi connectivity index (χ1v) is 10.3. The predicted octanol–water partition coefficient (Wildman–Crippen LogP) is 1.97. The Morgan fingerprint density at radius 2 is 2.04 bits per heavy atom. The Morgan fingerprint density at radius 3 is 2.78 bits per heavy atom. The van der Waals surface area contributed by atoms with Crippen molar-refractivity contribution in [3.63, 3.8) is 0 Å². The topological polar surface area (TPSA) is 71.3 Å². The Balaban J connectivity index is 1.20. The second-order valence-corrected chi connectivity index (χ2v) is 8.14. The van der Waals surface area contributed by atoms with Crippen molar-refractivity contribution in [1.82, 2.24) is 24.8 Å². The van der Waals surface area contributed by atoms with Crippen molar-refractivity contribution < 1.29 is 9.59 Å². The SMILES string of the molecule is O=C1CCCN1Cc1cn(C2CN(C(=O)CCSc3ccccc3)C2)nn1. The third kappa shape index (κ3) is 4.32. The molecule has 4 rings (SSSR count). The normalized spacial score (nSPS) is 17.4. The summed E-state index contributed by atoms with van der Waals surface area (Å²) in [7, 11) is 0. The maximum absolute atomic E-state index is 12.3. The molecular formula is C19H23N5O2S. The van der Waals surface area contributed by atoms with Gasteiger partial charge in [-0.3, -0.25) is 9.59 Å². The number of hydrogen-bond donors (Lipinski definition) is 0. The zero-order valence-corrected chi connectivity index (χ0v) is 16.0. The van der Waals surface area contributed by atoms with Crippen LogP contribution in [-0.4, -0.2) is 62.0 Å². The quantitative estimate of drug-likeness (QED) is 0.682. The van der Waals surface area contributed by atoms with Crippen molar-refractivity contribution in [2.75, 3.05) is 25.4 Å². The van der Waals surface area contributed by atoms with Crippen LogP contribution in [0.1, 0.15) is 31.0 Å². The van der Waals surface area contributed by atoms with E-state index in [1.54, 1.807) is 11.8 Å². The minimum Gasteiger partial charge on any atom is -0.338 e. The number of carbonyl (C=O) groups is 2. The fraction of sp³-hybridized carbons (Fsp3) is 0.474. The van der Waals surface area contributed by atoms with Gasteiger partial charge in [0.05, 0.1) is 18.8 Å². The van der Waals surface area contributed by atoms with E-state index < -0.39 is 0 Å². The van der Waals surface area contributed by atoms with Gasteiger partial charge in [0.1, 0.15) is 5.69 Å². The van der Waals surface area contributed by atoms with Gasteiger partial charge in [-0.1, -0.05) is 23.4 Å². The van der Waals surface area contributed by atoms with Gasteiger partial charge in [0.25, 0.3) is 0 Å². The average molecular weight is 385 g/mol. The van der Waals surface area contributed by atoms with Crippen molar-refractivity contribution in [2.45, 2.75) is 36.7 Å². The van der Waals surface area contributed by atoms with Crippen molar-refractivity contribution in [2.24, 2.45) is 0 Å². The van der Waals surface area contributed by atoms with Crippen LogP contribution in [0.25, 0.3) is 0 Å². The molecule has 2 aliphatic heterocycles. The van der Waals surface area contributed by atoms with E-state index in [2.05, 4.69) is 22.4 Å². The highest BCUT2D eigenvalue weighted by atomic mass is 32.2. The number of carbonyl (C=O) groups excluding carboxylic acids is 2.